The molecule has 5 aromatic rings. The maximum Gasteiger partial charge on any atom is 0.404 e. The number of benzene rings is 2. The summed E-state index contributed by atoms with van der Waals surface area (Å²) in [7, 11) is 0. The number of halogens is 1. The molecule has 6 atom stereocenters. The van der Waals surface area contributed by atoms with Crippen molar-refractivity contribution in [1.29, 1.82) is 0 Å². The average molecular weight is 768 g/mol. The Bertz CT molecular complexity index is 1840. The molecule has 2 aromatic carbocycles. The van der Waals surface area contributed by atoms with Gasteiger partial charge in [-0.15, -0.1) is 10.2 Å². The summed E-state index contributed by atoms with van der Waals surface area (Å²) in [5, 5.41) is 49.9. The van der Waals surface area contributed by atoms with Gasteiger partial charge in [-0.25, -0.2) is 9.78 Å². The van der Waals surface area contributed by atoms with E-state index in [2.05, 4.69) is 77.9 Å². The molecule has 16 nitrogen and oxygen atoms in total. The molecule has 2 saturated heterocycles. The van der Waals surface area contributed by atoms with Crippen molar-refractivity contribution in [2.45, 2.75) is 60.4 Å². The Kier molecular flexibility index (Phi) is 9.08. The highest BCUT2D eigenvalue weighted by atomic mass is 127. The van der Waals surface area contributed by atoms with Crippen LogP contribution < -0.4 is 15.5 Å². The summed E-state index contributed by atoms with van der Waals surface area (Å²) in [5.74, 6) is 0.953. The first-order chi connectivity index (χ1) is 23.3. The van der Waals surface area contributed by atoms with E-state index in [-0.39, 0.29) is 21.8 Å². The number of nitrogens with one attached hydrogen (secondary N) is 2. The van der Waals surface area contributed by atoms with Gasteiger partial charge in [0.1, 0.15) is 16.3 Å². The predicted molar refractivity (Wildman–Crippen MR) is 182 cm³/mol. The number of alkyl halides is 1. The van der Waals surface area contributed by atoms with Gasteiger partial charge in [0.2, 0.25) is 11.8 Å². The number of rotatable bonds is 10. The largest absolute Gasteiger partial charge is 0.465 e. The van der Waals surface area contributed by atoms with Crippen molar-refractivity contribution in [3.63, 3.8) is 0 Å². The lowest BCUT2D eigenvalue weighted by Crippen LogP contribution is -2.41. The Hall–Kier alpha value is -4.46. The Morgan fingerprint density at radius 2 is 1.77 bits per heavy atom. The zero-order chi connectivity index (χ0) is 33.4. The average Bonchev–Trinajstić information content (AvgIpc) is 3.89. The molecular formula is C31H34IN11O5. The number of hydrogen-bond acceptors (Lipinski definition) is 12. The van der Waals surface area contributed by atoms with Crippen molar-refractivity contribution in [3.05, 3.63) is 83.9 Å². The molecule has 48 heavy (non-hydrogen) atoms. The number of aryl methyl sites for hydroxylation is 1. The summed E-state index contributed by atoms with van der Waals surface area (Å²) in [6.45, 7) is 3.33. The number of carbonyl (C=O) groups is 1. The number of fused-ring (bicyclic) bond motifs is 1. The minimum atomic E-state index is -1.36. The lowest BCUT2D eigenvalue weighted by atomic mass is 9.91. The van der Waals surface area contributed by atoms with E-state index in [1.807, 2.05) is 48.2 Å². The van der Waals surface area contributed by atoms with Crippen LogP contribution in [0.2, 0.25) is 0 Å². The molecule has 2 aliphatic heterocycles. The lowest BCUT2D eigenvalue weighted by molar-refractivity contribution is -0.0384. The number of ether oxygens (including phenoxy) is 1. The van der Waals surface area contributed by atoms with Crippen molar-refractivity contribution in [1.82, 2.24) is 45.0 Å². The second-order valence-corrected chi connectivity index (χ2v) is 12.9. The maximum absolute atomic E-state index is 11.5. The monoisotopic (exact) mass is 767 g/mol. The van der Waals surface area contributed by atoms with E-state index in [1.165, 1.54) is 11.1 Å². The molecule has 7 rings (SSSR count). The van der Waals surface area contributed by atoms with E-state index >= 15 is 0 Å². The first-order valence-electron chi connectivity index (χ1n) is 15.6. The zero-order valence-corrected chi connectivity index (χ0v) is 27.9. The van der Waals surface area contributed by atoms with E-state index in [1.54, 1.807) is 4.57 Å². The van der Waals surface area contributed by atoms with Gasteiger partial charge in [-0.2, -0.15) is 14.8 Å². The number of imidazole rings is 1. The Labute approximate surface area is 288 Å². The van der Waals surface area contributed by atoms with E-state index in [9.17, 15) is 20.1 Å². The first-order valence-corrected chi connectivity index (χ1v) is 16.8. The minimum absolute atomic E-state index is 0.0175. The smallest absolute Gasteiger partial charge is 0.404 e. The van der Waals surface area contributed by atoms with Crippen LogP contribution in [0.15, 0.2) is 67.0 Å². The van der Waals surface area contributed by atoms with Gasteiger partial charge in [0.05, 0.1) is 18.9 Å². The topological polar surface area (TPSA) is 201 Å². The predicted octanol–water partition coefficient (Wildman–Crippen LogP) is 2.68. The number of anilines is 2. The van der Waals surface area contributed by atoms with Gasteiger partial charge in [-0.1, -0.05) is 83.3 Å². The van der Waals surface area contributed by atoms with E-state index in [0.717, 1.165) is 11.1 Å². The van der Waals surface area contributed by atoms with Crippen LogP contribution in [0.4, 0.5) is 16.6 Å². The van der Waals surface area contributed by atoms with Crippen LogP contribution in [-0.2, 0) is 11.3 Å². The highest BCUT2D eigenvalue weighted by molar-refractivity contribution is 14.1. The van der Waals surface area contributed by atoms with Crippen LogP contribution in [0.5, 0.6) is 0 Å². The van der Waals surface area contributed by atoms with Gasteiger partial charge in [0.25, 0.3) is 0 Å². The van der Waals surface area contributed by atoms with Crippen LogP contribution in [0, 0.1) is 0 Å². The molecule has 17 heteroatoms. The van der Waals surface area contributed by atoms with Crippen molar-refractivity contribution < 1.29 is 24.9 Å². The number of carboxylic acid groups (broad SMARTS) is 1. The Balaban J connectivity index is 1.26. The molecule has 0 spiro atoms. The summed E-state index contributed by atoms with van der Waals surface area (Å²) in [5.41, 5.74) is 3.04. The number of aliphatic hydroxyl groups excluding tert-OH is 2. The standard InChI is InChI=1S/C31H34IN11O5/c1-2-43-39-27(38-40-43)24-22(44)23(45)29(48-24)42-16-34-21-26(33-15-19(17-9-5-3-6-10-17)18-11-7-4-8-12-18)36-30(37-28(21)42)41-14-13-20(25(41)32)35-31(46)47/h3-12,16,19-20,22-25,29,35,44-45H,2,13-15H2,1H3,(H,46,47)(H,33,36,37)/t20?,22-,23+,24-,25?,29+/m0/s1. The van der Waals surface area contributed by atoms with Crippen molar-refractivity contribution >= 4 is 51.6 Å². The maximum atomic E-state index is 11.5. The first kappa shape index (κ1) is 32.1. The number of tetrazole rings is 1. The van der Waals surface area contributed by atoms with Crippen molar-refractivity contribution in [2.75, 3.05) is 23.3 Å². The number of aromatic nitrogens is 8. The van der Waals surface area contributed by atoms with Gasteiger partial charge in [-0.05, 0) is 29.7 Å². The SMILES string of the molecule is CCn1nnc([C@H]2O[C@@H](n3cnc4c(NCC(c5ccccc5)c5ccccc5)nc(N5CCC(NC(=O)O)C5I)nc43)[C@H](O)[C@@H]2O)n1. The fourth-order valence-electron chi connectivity index (χ4n) is 6.21. The molecule has 0 aliphatic carbocycles. The normalized spacial score (nSPS) is 24.1. The number of hydrogen-bond donors (Lipinski definition) is 5. The molecule has 0 radical (unpaired) electrons. The highest BCUT2D eigenvalue weighted by Gasteiger charge is 2.47. The third-order valence-corrected chi connectivity index (χ3v) is 10.2. The molecule has 2 aliphatic rings. The Morgan fingerprint density at radius 3 is 2.42 bits per heavy atom. The summed E-state index contributed by atoms with van der Waals surface area (Å²) in [6.07, 6.45) is -3.82. The molecule has 2 fully saturated rings. The molecule has 0 bridgehead atoms. The lowest BCUT2D eigenvalue weighted by Gasteiger charge is -2.25. The van der Waals surface area contributed by atoms with Crippen LogP contribution in [0.1, 0.15) is 48.5 Å². The third-order valence-electron chi connectivity index (χ3n) is 8.68. The molecule has 250 valence electrons. The number of aliphatic hydroxyl groups is 2. The second-order valence-electron chi connectivity index (χ2n) is 11.6. The number of nitrogens with zero attached hydrogens (tertiary/aromatic N) is 9. The molecule has 5 heterocycles. The van der Waals surface area contributed by atoms with Gasteiger partial charge in [-0.3, -0.25) is 4.57 Å². The fraction of sp³-hybridized carbons (Fsp3) is 0.387. The summed E-state index contributed by atoms with van der Waals surface area (Å²) < 4.78 is 7.46. The summed E-state index contributed by atoms with van der Waals surface area (Å²) in [6, 6.07) is 20.0. The summed E-state index contributed by atoms with van der Waals surface area (Å²) >= 11 is 2.20. The number of amides is 1. The van der Waals surface area contributed by atoms with Gasteiger partial charge in [0, 0.05) is 19.0 Å². The zero-order valence-electron chi connectivity index (χ0n) is 25.8. The van der Waals surface area contributed by atoms with Crippen LogP contribution in [0.25, 0.3) is 11.2 Å². The Morgan fingerprint density at radius 1 is 1.06 bits per heavy atom. The van der Waals surface area contributed by atoms with E-state index < -0.39 is 30.6 Å². The minimum Gasteiger partial charge on any atom is -0.465 e. The van der Waals surface area contributed by atoms with Gasteiger partial charge in [0.15, 0.2) is 29.3 Å². The van der Waals surface area contributed by atoms with Gasteiger partial charge < -0.3 is 35.6 Å². The fourth-order valence-corrected chi connectivity index (χ4v) is 7.28. The van der Waals surface area contributed by atoms with Crippen molar-refractivity contribution in [2.24, 2.45) is 0 Å². The van der Waals surface area contributed by atoms with Crippen LogP contribution >= 0.6 is 22.6 Å². The van der Waals surface area contributed by atoms with Crippen molar-refractivity contribution in [3.8, 4) is 0 Å². The molecule has 2 unspecified atom stereocenters. The summed E-state index contributed by atoms with van der Waals surface area (Å²) in [4.78, 5) is 29.2. The van der Waals surface area contributed by atoms with E-state index in [0.29, 0.717) is 49.0 Å². The van der Waals surface area contributed by atoms with Crippen LogP contribution in [0.3, 0.4) is 0 Å². The quantitative estimate of drug-likeness (QED) is 0.0790. The molecule has 1 amide bonds. The van der Waals surface area contributed by atoms with E-state index in [4.69, 9.17) is 14.7 Å². The molecule has 0 saturated carbocycles. The second kappa shape index (κ2) is 13.6. The molecule has 3 aromatic heterocycles. The molecule has 5 N–H and O–H groups in total. The third kappa shape index (κ3) is 6.13. The highest BCUT2D eigenvalue weighted by Crippen LogP contribution is 2.40. The van der Waals surface area contributed by atoms with Gasteiger partial charge >= 0.3 is 6.09 Å². The molecular weight excluding hydrogens is 733 g/mol. The van der Waals surface area contributed by atoms with Crippen LogP contribution in [-0.4, -0.2) is 96.5 Å².